The topological polar surface area (TPSA) is 78.6 Å². The zero-order chi connectivity index (χ0) is 18.1. The van der Waals surface area contributed by atoms with E-state index in [0.717, 1.165) is 0 Å². The van der Waals surface area contributed by atoms with Crippen LogP contribution in [0.25, 0.3) is 0 Å². The second-order valence-electron chi connectivity index (χ2n) is 5.82. The minimum absolute atomic E-state index is 0.0719. The zero-order valence-corrected chi connectivity index (χ0v) is 15.2. The van der Waals surface area contributed by atoms with Crippen molar-refractivity contribution in [1.29, 1.82) is 0 Å². The van der Waals surface area contributed by atoms with Crippen LogP contribution in [0.2, 0.25) is 0 Å². The van der Waals surface area contributed by atoms with Gasteiger partial charge in [0.1, 0.15) is 17.1 Å². The maximum atomic E-state index is 13.6. The fourth-order valence-electron chi connectivity index (χ4n) is 3.19. The van der Waals surface area contributed by atoms with Crippen molar-refractivity contribution in [2.75, 3.05) is 6.61 Å². The van der Waals surface area contributed by atoms with E-state index in [9.17, 15) is 14.0 Å². The van der Waals surface area contributed by atoms with Crippen molar-refractivity contribution in [2.24, 2.45) is 5.73 Å². The Morgan fingerprint density at radius 1 is 1.44 bits per heavy atom. The fraction of sp³-hybridized carbons (Fsp3) is 0.333. The van der Waals surface area contributed by atoms with Crippen molar-refractivity contribution >= 4 is 27.7 Å². The van der Waals surface area contributed by atoms with Crippen LogP contribution in [0, 0.1) is 5.82 Å². The minimum atomic E-state index is -0.729. The molecule has 1 aliphatic carbocycles. The van der Waals surface area contributed by atoms with Crippen molar-refractivity contribution in [2.45, 2.75) is 32.1 Å². The highest BCUT2D eigenvalue weighted by molar-refractivity contribution is 9.10. The monoisotopic (exact) mass is 409 g/mol. The van der Waals surface area contributed by atoms with Gasteiger partial charge in [0.05, 0.1) is 17.0 Å². The van der Waals surface area contributed by atoms with Gasteiger partial charge in [-0.05, 0) is 47.0 Å². The largest absolute Gasteiger partial charge is 0.462 e. The van der Waals surface area contributed by atoms with Crippen molar-refractivity contribution in [3.8, 4) is 0 Å². The molecule has 0 saturated heterocycles. The molecule has 1 aromatic carbocycles. The molecule has 132 valence electrons. The van der Waals surface area contributed by atoms with Gasteiger partial charge >= 0.3 is 5.97 Å². The predicted octanol–water partition coefficient (Wildman–Crippen LogP) is 3.44. The molecule has 0 amide bonds. The molecule has 25 heavy (non-hydrogen) atoms. The zero-order valence-electron chi connectivity index (χ0n) is 13.6. The highest BCUT2D eigenvalue weighted by atomic mass is 79.9. The molecule has 2 N–H and O–H groups in total. The van der Waals surface area contributed by atoms with Crippen LogP contribution in [0.15, 0.2) is 45.5 Å². The summed E-state index contributed by atoms with van der Waals surface area (Å²) in [6.45, 7) is 1.84. The van der Waals surface area contributed by atoms with Gasteiger partial charge < -0.3 is 15.2 Å². The van der Waals surface area contributed by atoms with Crippen LogP contribution in [0.3, 0.4) is 0 Å². The van der Waals surface area contributed by atoms with Gasteiger partial charge in [0.2, 0.25) is 5.88 Å². The SMILES string of the molecule is CCOC(=O)C1=C(N)OC2=C(C(=O)CCC2)C1c1ccc(F)c(Br)c1. The molecule has 5 nitrogen and oxygen atoms in total. The molecule has 3 rings (SSSR count). The Hall–Kier alpha value is -2.15. The Bertz CT molecular complexity index is 815. The summed E-state index contributed by atoms with van der Waals surface area (Å²) in [6.07, 6.45) is 1.60. The van der Waals surface area contributed by atoms with E-state index in [0.29, 0.717) is 36.2 Å². The number of esters is 1. The number of halogens is 2. The van der Waals surface area contributed by atoms with E-state index >= 15 is 0 Å². The smallest absolute Gasteiger partial charge is 0.340 e. The maximum Gasteiger partial charge on any atom is 0.340 e. The van der Waals surface area contributed by atoms with E-state index in [1.165, 1.54) is 12.1 Å². The van der Waals surface area contributed by atoms with Gasteiger partial charge in [-0.15, -0.1) is 0 Å². The number of hydrogen-bond donors (Lipinski definition) is 1. The lowest BCUT2D eigenvalue weighted by Gasteiger charge is -2.32. The van der Waals surface area contributed by atoms with E-state index in [1.54, 1.807) is 13.0 Å². The summed E-state index contributed by atoms with van der Waals surface area (Å²) < 4.78 is 24.6. The molecule has 0 spiro atoms. The van der Waals surface area contributed by atoms with Gasteiger partial charge in [0.25, 0.3) is 0 Å². The van der Waals surface area contributed by atoms with E-state index in [-0.39, 0.29) is 28.3 Å². The Labute approximate surface area is 152 Å². The summed E-state index contributed by atoms with van der Waals surface area (Å²) in [4.78, 5) is 25.0. The molecule has 1 heterocycles. The van der Waals surface area contributed by atoms with E-state index in [2.05, 4.69) is 15.9 Å². The minimum Gasteiger partial charge on any atom is -0.462 e. The lowest BCUT2D eigenvalue weighted by Crippen LogP contribution is -2.31. The second kappa shape index (κ2) is 7.00. The molecular weight excluding hydrogens is 393 g/mol. The summed E-state index contributed by atoms with van der Waals surface area (Å²) in [5.74, 6) is -1.50. The van der Waals surface area contributed by atoms with Crippen LogP contribution in [0.1, 0.15) is 37.7 Å². The second-order valence-corrected chi connectivity index (χ2v) is 6.67. The Kier molecular flexibility index (Phi) is 4.94. The van der Waals surface area contributed by atoms with Crippen LogP contribution < -0.4 is 5.73 Å². The molecule has 0 aromatic heterocycles. The lowest BCUT2D eigenvalue weighted by atomic mass is 9.77. The average Bonchev–Trinajstić information content (AvgIpc) is 2.56. The molecule has 0 radical (unpaired) electrons. The van der Waals surface area contributed by atoms with Crippen molar-refractivity contribution in [3.05, 3.63) is 56.8 Å². The molecule has 2 aliphatic rings. The van der Waals surface area contributed by atoms with Gasteiger partial charge in [-0.25, -0.2) is 9.18 Å². The lowest BCUT2D eigenvalue weighted by molar-refractivity contribution is -0.139. The van der Waals surface area contributed by atoms with E-state index in [1.807, 2.05) is 0 Å². The maximum absolute atomic E-state index is 13.6. The Morgan fingerprint density at radius 2 is 2.20 bits per heavy atom. The number of ether oxygens (including phenoxy) is 2. The summed E-state index contributed by atoms with van der Waals surface area (Å²) in [5, 5.41) is 0. The molecule has 1 unspecified atom stereocenters. The number of carbonyl (C=O) groups is 2. The third kappa shape index (κ3) is 3.20. The van der Waals surface area contributed by atoms with Crippen molar-refractivity contribution in [1.82, 2.24) is 0 Å². The summed E-state index contributed by atoms with van der Waals surface area (Å²) in [6, 6.07) is 4.36. The van der Waals surface area contributed by atoms with Crippen molar-refractivity contribution in [3.63, 3.8) is 0 Å². The van der Waals surface area contributed by atoms with Crippen LogP contribution in [-0.4, -0.2) is 18.4 Å². The first-order valence-corrected chi connectivity index (χ1v) is 8.79. The van der Waals surface area contributed by atoms with Gasteiger partial charge in [-0.3, -0.25) is 4.79 Å². The first-order chi connectivity index (χ1) is 11.9. The number of Topliss-reactive ketones (excluding diaryl/α,β-unsaturated/α-hetero) is 1. The first-order valence-electron chi connectivity index (χ1n) is 7.99. The highest BCUT2D eigenvalue weighted by Crippen LogP contribution is 2.44. The fourth-order valence-corrected chi connectivity index (χ4v) is 3.59. The van der Waals surface area contributed by atoms with Crippen molar-refractivity contribution < 1.29 is 23.5 Å². The molecule has 1 atom stereocenters. The first kappa shape index (κ1) is 17.7. The normalized spacial score (nSPS) is 20.3. The van der Waals surface area contributed by atoms with Gasteiger partial charge in [0.15, 0.2) is 5.78 Å². The molecule has 0 bridgehead atoms. The molecule has 1 aromatic rings. The number of rotatable bonds is 3. The van der Waals surface area contributed by atoms with Gasteiger partial charge in [-0.2, -0.15) is 0 Å². The standard InChI is InChI=1S/C18H17BrFNO4/c1-2-24-18(23)16-14(9-6-7-11(20)10(19)8-9)15-12(22)4-3-5-13(15)25-17(16)21/h6-8,14H,2-5,21H2,1H3. The van der Waals surface area contributed by atoms with Gasteiger partial charge in [0, 0.05) is 18.4 Å². The number of ketones is 1. The number of nitrogens with two attached hydrogens (primary N) is 1. The van der Waals surface area contributed by atoms with E-state index < -0.39 is 17.7 Å². The molecule has 0 fully saturated rings. The van der Waals surface area contributed by atoms with E-state index in [4.69, 9.17) is 15.2 Å². The molecular formula is C18H17BrFNO4. The summed E-state index contributed by atoms with van der Waals surface area (Å²) in [7, 11) is 0. The predicted molar refractivity (Wildman–Crippen MR) is 91.7 cm³/mol. The summed E-state index contributed by atoms with van der Waals surface area (Å²) >= 11 is 3.15. The highest BCUT2D eigenvalue weighted by Gasteiger charge is 2.41. The Balaban J connectivity index is 2.18. The molecule has 7 heteroatoms. The molecule has 1 aliphatic heterocycles. The number of hydrogen-bond acceptors (Lipinski definition) is 5. The average molecular weight is 410 g/mol. The number of allylic oxidation sites excluding steroid dienone is 2. The Morgan fingerprint density at radius 3 is 2.88 bits per heavy atom. The van der Waals surface area contributed by atoms with Crippen LogP contribution in [0.4, 0.5) is 4.39 Å². The van der Waals surface area contributed by atoms with Crippen LogP contribution in [0.5, 0.6) is 0 Å². The quantitative estimate of drug-likeness (QED) is 0.773. The summed E-state index contributed by atoms with van der Waals surface area (Å²) in [5.41, 5.74) is 7.04. The van der Waals surface area contributed by atoms with Crippen LogP contribution in [-0.2, 0) is 19.1 Å². The third-order valence-electron chi connectivity index (χ3n) is 4.26. The van der Waals surface area contributed by atoms with Crippen LogP contribution >= 0.6 is 15.9 Å². The number of carbonyl (C=O) groups excluding carboxylic acids is 2. The number of benzene rings is 1. The third-order valence-corrected chi connectivity index (χ3v) is 4.86. The molecule has 0 saturated carbocycles. The van der Waals surface area contributed by atoms with Gasteiger partial charge in [-0.1, -0.05) is 6.07 Å².